The molecule has 7 rings (SSSR count). The SMILES string of the molecule is COc1ccc2c(c1)[C@]1(O[C@@H](CC(=O)N(CCO)Cc3ccccc3)[C@H]([Si](C)(C)F)[C@H]1C)C(=O)N2Cc1cccc(N2C(=O)CCc3ccccc32)c1. The minimum Gasteiger partial charge on any atom is -0.497 e. The van der Waals surface area contributed by atoms with Gasteiger partial charge in [0.25, 0.3) is 5.91 Å². The first-order chi connectivity index (χ1) is 25.5. The lowest BCUT2D eigenvalue weighted by Gasteiger charge is -2.31. The Morgan fingerprint density at radius 3 is 2.43 bits per heavy atom. The molecular formula is C42H46FN3O6Si. The number of methoxy groups -OCH3 is 1. The van der Waals surface area contributed by atoms with Gasteiger partial charge in [0.05, 0.1) is 44.2 Å². The summed E-state index contributed by atoms with van der Waals surface area (Å²) in [6.45, 7) is 5.44. The van der Waals surface area contributed by atoms with Gasteiger partial charge in [0.15, 0.2) is 5.60 Å². The van der Waals surface area contributed by atoms with Crippen LogP contribution in [0.3, 0.4) is 0 Å². The van der Waals surface area contributed by atoms with Gasteiger partial charge in [-0.2, -0.15) is 0 Å². The Morgan fingerprint density at radius 2 is 1.70 bits per heavy atom. The molecule has 0 unspecified atom stereocenters. The van der Waals surface area contributed by atoms with Crippen LogP contribution in [0.1, 0.15) is 42.0 Å². The lowest BCUT2D eigenvalue weighted by molar-refractivity contribution is -0.150. The van der Waals surface area contributed by atoms with Gasteiger partial charge < -0.3 is 28.5 Å². The number of hydrogen-bond acceptors (Lipinski definition) is 6. The van der Waals surface area contributed by atoms with Crippen LogP contribution in [-0.2, 0) is 44.2 Å². The van der Waals surface area contributed by atoms with E-state index in [-0.39, 0.29) is 50.4 Å². The second-order valence-corrected chi connectivity index (χ2v) is 18.6. The fraction of sp³-hybridized carbons (Fsp3) is 0.357. The number of anilines is 3. The summed E-state index contributed by atoms with van der Waals surface area (Å²) in [5.41, 5.74) is 3.35. The van der Waals surface area contributed by atoms with Crippen LogP contribution in [0.15, 0.2) is 97.1 Å². The van der Waals surface area contributed by atoms with Gasteiger partial charge in [-0.1, -0.05) is 67.6 Å². The van der Waals surface area contributed by atoms with E-state index in [1.54, 1.807) is 47.0 Å². The van der Waals surface area contributed by atoms with Crippen LogP contribution in [0.5, 0.6) is 5.75 Å². The number of benzene rings is 4. The molecule has 1 saturated heterocycles. The predicted octanol–water partition coefficient (Wildman–Crippen LogP) is 7.04. The Morgan fingerprint density at radius 1 is 0.962 bits per heavy atom. The highest BCUT2D eigenvalue weighted by Gasteiger charge is 2.67. The maximum Gasteiger partial charge on any atom is 0.264 e. The highest BCUT2D eigenvalue weighted by Crippen LogP contribution is 2.60. The third-order valence-corrected chi connectivity index (χ3v) is 13.5. The van der Waals surface area contributed by atoms with E-state index in [2.05, 4.69) is 0 Å². The predicted molar refractivity (Wildman–Crippen MR) is 204 cm³/mol. The molecule has 11 heteroatoms. The molecule has 4 atom stereocenters. The summed E-state index contributed by atoms with van der Waals surface area (Å²) in [4.78, 5) is 47.2. The van der Waals surface area contributed by atoms with Crippen LogP contribution in [-0.4, -0.2) is 62.5 Å². The lowest BCUT2D eigenvalue weighted by Crippen LogP contribution is -2.45. The van der Waals surface area contributed by atoms with Gasteiger partial charge in [0, 0.05) is 42.2 Å². The highest BCUT2D eigenvalue weighted by molar-refractivity contribution is 6.72. The first-order valence-electron chi connectivity index (χ1n) is 18.3. The van der Waals surface area contributed by atoms with E-state index in [9.17, 15) is 14.7 Å². The molecule has 3 amide bonds. The van der Waals surface area contributed by atoms with Gasteiger partial charge in [-0.05, 0) is 72.6 Å². The normalized spacial score (nSPS) is 22.3. The molecule has 3 aliphatic heterocycles. The molecule has 0 saturated carbocycles. The zero-order valence-corrected chi connectivity index (χ0v) is 31.6. The first kappa shape index (κ1) is 36.5. The van der Waals surface area contributed by atoms with Gasteiger partial charge >= 0.3 is 0 Å². The number of para-hydroxylation sites is 1. The van der Waals surface area contributed by atoms with E-state index in [0.29, 0.717) is 35.5 Å². The number of ether oxygens (including phenoxy) is 2. The molecule has 0 radical (unpaired) electrons. The van der Waals surface area contributed by atoms with Gasteiger partial charge in [0.2, 0.25) is 20.2 Å². The molecule has 1 fully saturated rings. The zero-order valence-electron chi connectivity index (χ0n) is 30.6. The van der Waals surface area contributed by atoms with Crippen molar-refractivity contribution in [3.8, 4) is 5.75 Å². The maximum atomic E-state index is 16.5. The number of hydrogen-bond donors (Lipinski definition) is 1. The summed E-state index contributed by atoms with van der Waals surface area (Å²) in [6, 6.07) is 30.5. The number of amides is 3. The number of carbonyl (C=O) groups excluding carboxylic acids is 3. The van der Waals surface area contributed by atoms with Crippen LogP contribution in [0.4, 0.5) is 21.2 Å². The molecule has 3 aliphatic rings. The van der Waals surface area contributed by atoms with Crippen molar-refractivity contribution in [3.63, 3.8) is 0 Å². The minimum absolute atomic E-state index is 0.00799. The number of fused-ring (bicyclic) bond motifs is 3. The smallest absolute Gasteiger partial charge is 0.264 e. The average molecular weight is 736 g/mol. The van der Waals surface area contributed by atoms with Crippen molar-refractivity contribution in [2.24, 2.45) is 5.92 Å². The summed E-state index contributed by atoms with van der Waals surface area (Å²) in [5, 5.41) is 9.85. The molecule has 0 bridgehead atoms. The number of rotatable bonds is 11. The van der Waals surface area contributed by atoms with Gasteiger partial charge in [-0.15, -0.1) is 0 Å². The van der Waals surface area contributed by atoms with E-state index in [1.165, 1.54) is 0 Å². The lowest BCUT2D eigenvalue weighted by atomic mass is 9.82. The third kappa shape index (κ3) is 6.66. The van der Waals surface area contributed by atoms with Crippen LogP contribution < -0.4 is 14.5 Å². The molecule has 4 aromatic carbocycles. The second kappa shape index (κ2) is 14.5. The summed E-state index contributed by atoms with van der Waals surface area (Å²) in [6.07, 6.45) is 0.0795. The number of aryl methyl sites for hydroxylation is 1. The largest absolute Gasteiger partial charge is 0.497 e. The summed E-state index contributed by atoms with van der Waals surface area (Å²) in [7, 11) is -2.00. The topological polar surface area (TPSA) is 99.6 Å². The molecule has 53 heavy (non-hydrogen) atoms. The Bertz CT molecular complexity index is 2020. The Hall–Kier alpha value is -4.84. The van der Waals surface area contributed by atoms with Crippen molar-refractivity contribution >= 4 is 43.2 Å². The van der Waals surface area contributed by atoms with E-state index in [0.717, 1.165) is 22.4 Å². The van der Waals surface area contributed by atoms with Crippen molar-refractivity contribution < 1.29 is 33.1 Å². The van der Waals surface area contributed by atoms with Crippen molar-refractivity contribution in [3.05, 3.63) is 119 Å². The van der Waals surface area contributed by atoms with Crippen LogP contribution >= 0.6 is 0 Å². The number of nitrogens with zero attached hydrogens (tertiary/aromatic N) is 3. The standard InChI is InChI=1S/C42H46FN3O6Si/c1-28-40(53(3,4)43)37(25-39(49)44(21-22-47)26-29-11-6-5-7-12-29)52-42(28)34-24-33(51-2)18-19-36(34)45(41(42)50)27-30-13-10-15-32(23-30)46-35-16-9-8-14-31(35)17-20-38(46)48/h5-16,18-19,23-24,28,37,40,47H,17,20-22,25-27H2,1-4H3/t28-,37+,40-,42+/m1/s1. The summed E-state index contributed by atoms with van der Waals surface area (Å²) < 4.78 is 29.0. The van der Waals surface area contributed by atoms with Crippen LogP contribution in [0.2, 0.25) is 18.6 Å². The minimum atomic E-state index is -3.55. The third-order valence-electron chi connectivity index (χ3n) is 11.1. The van der Waals surface area contributed by atoms with E-state index in [1.807, 2.05) is 91.9 Å². The average Bonchev–Trinajstić information content (AvgIpc) is 3.57. The number of aliphatic hydroxyl groups excluding tert-OH is 1. The fourth-order valence-corrected chi connectivity index (χ4v) is 11.2. The van der Waals surface area contributed by atoms with E-state index < -0.39 is 31.6 Å². The van der Waals surface area contributed by atoms with Crippen molar-refractivity contribution in [2.75, 3.05) is 30.1 Å². The molecule has 1 N–H and O–H groups in total. The molecular weight excluding hydrogens is 690 g/mol. The number of carbonyl (C=O) groups is 3. The molecule has 276 valence electrons. The summed E-state index contributed by atoms with van der Waals surface area (Å²) >= 11 is 0. The molecule has 0 aliphatic carbocycles. The zero-order chi connectivity index (χ0) is 37.5. The summed E-state index contributed by atoms with van der Waals surface area (Å²) in [5.74, 6) is -0.673. The number of halogens is 1. The van der Waals surface area contributed by atoms with Crippen molar-refractivity contribution in [1.82, 2.24) is 4.90 Å². The van der Waals surface area contributed by atoms with Gasteiger partial charge in [-0.25, -0.2) is 0 Å². The quantitative estimate of drug-likeness (QED) is 0.131. The molecule has 1 spiro atoms. The molecule has 4 aromatic rings. The van der Waals surface area contributed by atoms with Gasteiger partial charge in [0.1, 0.15) is 5.75 Å². The van der Waals surface area contributed by atoms with E-state index >= 15 is 8.90 Å². The van der Waals surface area contributed by atoms with Crippen LogP contribution in [0.25, 0.3) is 0 Å². The van der Waals surface area contributed by atoms with Crippen molar-refractivity contribution in [1.29, 1.82) is 0 Å². The Balaban J connectivity index is 1.23. The van der Waals surface area contributed by atoms with Gasteiger partial charge in [-0.3, -0.25) is 19.3 Å². The maximum absolute atomic E-state index is 16.5. The number of aliphatic hydroxyl groups is 1. The van der Waals surface area contributed by atoms with Crippen LogP contribution in [0, 0.1) is 5.92 Å². The Kier molecular flexibility index (Phi) is 10.0. The molecule has 0 aromatic heterocycles. The fourth-order valence-electron chi connectivity index (χ4n) is 8.72. The first-order valence-corrected chi connectivity index (χ1v) is 21.2. The molecule has 9 nitrogen and oxygen atoms in total. The molecule has 3 heterocycles. The second-order valence-electron chi connectivity index (χ2n) is 14.8. The highest BCUT2D eigenvalue weighted by atomic mass is 28.4. The Labute approximate surface area is 311 Å². The monoisotopic (exact) mass is 735 g/mol. The van der Waals surface area contributed by atoms with E-state index in [4.69, 9.17) is 9.47 Å². The van der Waals surface area contributed by atoms with Crippen molar-refractivity contribution in [2.45, 2.75) is 69.6 Å².